The lowest BCUT2D eigenvalue weighted by Gasteiger charge is -2.50. The van der Waals surface area contributed by atoms with Crippen LogP contribution in [-0.4, -0.2) is 17.9 Å². The second-order valence-electron chi connectivity index (χ2n) is 10.00. The molecule has 0 aliphatic carbocycles. The van der Waals surface area contributed by atoms with Gasteiger partial charge in [-0.2, -0.15) is 0 Å². The number of anilines is 1. The Kier molecular flexibility index (Phi) is 7.18. The Morgan fingerprint density at radius 3 is 1.20 bits per heavy atom. The first kappa shape index (κ1) is 25.8. The number of rotatable bonds is 6. The summed E-state index contributed by atoms with van der Waals surface area (Å²) in [5, 5.41) is 0.129. The third-order valence-electron chi connectivity index (χ3n) is 7.56. The van der Waals surface area contributed by atoms with Crippen LogP contribution in [0.25, 0.3) is 21.0 Å². The highest BCUT2D eigenvalue weighted by Gasteiger charge is 2.45. The molecule has 0 saturated heterocycles. The van der Waals surface area contributed by atoms with Gasteiger partial charge in [-0.1, -0.05) is 145 Å². The molecule has 0 N–H and O–H groups in total. The monoisotopic (exact) mass is 567 g/mol. The van der Waals surface area contributed by atoms with Crippen molar-refractivity contribution in [3.8, 4) is 5.75 Å². The van der Waals surface area contributed by atoms with Crippen molar-refractivity contribution >= 4 is 50.2 Å². The van der Waals surface area contributed by atoms with E-state index in [1.54, 1.807) is 7.11 Å². The van der Waals surface area contributed by atoms with Crippen LogP contribution in [-0.2, 0) is 0 Å². The molecule has 41 heavy (non-hydrogen) atoms. The molecule has 0 radical (unpaired) electrons. The number of fused-ring (bicyclic) bond motifs is 2. The van der Waals surface area contributed by atoms with E-state index in [9.17, 15) is 0 Å². The van der Waals surface area contributed by atoms with Crippen LogP contribution in [0.3, 0.4) is 0 Å². The molecule has 0 fully saturated rings. The summed E-state index contributed by atoms with van der Waals surface area (Å²) in [5.74, 6) is 0.865. The molecule has 0 aromatic heterocycles. The van der Waals surface area contributed by atoms with Crippen LogP contribution in [0.4, 0.5) is 5.69 Å². The van der Waals surface area contributed by atoms with Gasteiger partial charge >= 0.3 is 0 Å². The van der Waals surface area contributed by atoms with Crippen molar-refractivity contribution in [1.29, 1.82) is 0 Å². The van der Waals surface area contributed by atoms with Crippen molar-refractivity contribution in [2.75, 3.05) is 12.0 Å². The second kappa shape index (κ2) is 11.4. The first-order valence-electron chi connectivity index (χ1n) is 13.8. The fourth-order valence-electron chi connectivity index (χ4n) is 5.64. The lowest BCUT2D eigenvalue weighted by atomic mass is 9.97. The van der Waals surface area contributed by atoms with E-state index < -0.39 is 0 Å². The van der Waals surface area contributed by atoms with Gasteiger partial charge in [-0.05, 0) is 46.5 Å². The van der Waals surface area contributed by atoms with Crippen molar-refractivity contribution in [3.05, 3.63) is 168 Å². The summed E-state index contributed by atoms with van der Waals surface area (Å²) in [6.07, 6.45) is 0. The highest BCUT2D eigenvalue weighted by Crippen LogP contribution is 2.61. The lowest BCUT2D eigenvalue weighted by molar-refractivity contribution is 0.415. The van der Waals surface area contributed by atoms with Gasteiger partial charge in [-0.3, -0.25) is 0 Å². The smallest absolute Gasteiger partial charge is 0.119 e. The van der Waals surface area contributed by atoms with Crippen molar-refractivity contribution < 1.29 is 4.74 Å². The molecule has 2 heterocycles. The first-order chi connectivity index (χ1) is 20.3. The summed E-state index contributed by atoms with van der Waals surface area (Å²) in [7, 11) is 1.72. The third kappa shape index (κ3) is 4.88. The number of hydrogen-bond acceptors (Lipinski definition) is 4. The molecule has 0 amide bonds. The standard InChI is InChI=1S/C37H29NOS2/c1-39-31-24-22-30(23-25-31)38-36-32(26-14-6-2-7-15-26)34(28-18-10-4-11-19-28)40-37(38)33(27-16-8-3-9-17-27)35(41-36)29-20-12-5-13-21-29/h2-25,36-37H,1H3. The number of thioether (sulfide) groups is 2. The van der Waals surface area contributed by atoms with Gasteiger partial charge in [0.15, 0.2) is 0 Å². The quantitative estimate of drug-likeness (QED) is 0.202. The summed E-state index contributed by atoms with van der Waals surface area (Å²) in [4.78, 5) is 5.28. The van der Waals surface area contributed by atoms with E-state index in [1.807, 2.05) is 23.5 Å². The van der Waals surface area contributed by atoms with Crippen LogP contribution in [0.2, 0.25) is 0 Å². The van der Waals surface area contributed by atoms with E-state index in [0.717, 1.165) is 5.75 Å². The summed E-state index contributed by atoms with van der Waals surface area (Å²) in [6.45, 7) is 0. The van der Waals surface area contributed by atoms with Gasteiger partial charge < -0.3 is 9.64 Å². The Hall–Kier alpha value is -4.12. The van der Waals surface area contributed by atoms with Gasteiger partial charge in [-0.15, -0.1) is 0 Å². The molecule has 2 bridgehead atoms. The van der Waals surface area contributed by atoms with Gasteiger partial charge in [-0.25, -0.2) is 0 Å². The van der Waals surface area contributed by atoms with Crippen molar-refractivity contribution in [2.24, 2.45) is 0 Å². The lowest BCUT2D eigenvalue weighted by Crippen LogP contribution is -2.47. The molecule has 4 heteroatoms. The molecule has 5 aromatic rings. The SMILES string of the molecule is COc1ccc(N2C3SC(c4ccccc4)=C(c4ccccc4)C2SC(c2ccccc2)=C3c2ccccc2)cc1. The van der Waals surface area contributed by atoms with Crippen LogP contribution in [0, 0.1) is 0 Å². The number of nitrogens with zero attached hydrogens (tertiary/aromatic N) is 1. The number of hydrogen-bond donors (Lipinski definition) is 0. The van der Waals surface area contributed by atoms with Crippen molar-refractivity contribution in [2.45, 2.75) is 10.7 Å². The van der Waals surface area contributed by atoms with Crippen LogP contribution in [0.15, 0.2) is 146 Å². The number of benzene rings is 5. The highest BCUT2D eigenvalue weighted by molar-refractivity contribution is 8.12. The van der Waals surface area contributed by atoms with Gasteiger partial charge in [0, 0.05) is 26.6 Å². The van der Waals surface area contributed by atoms with Crippen molar-refractivity contribution in [3.63, 3.8) is 0 Å². The van der Waals surface area contributed by atoms with Gasteiger partial charge in [0.2, 0.25) is 0 Å². The number of ether oxygens (including phenoxy) is 1. The largest absolute Gasteiger partial charge is 0.497 e. The van der Waals surface area contributed by atoms with Gasteiger partial charge in [0.1, 0.15) is 16.5 Å². The Bertz CT molecular complexity index is 1590. The maximum Gasteiger partial charge on any atom is 0.119 e. The van der Waals surface area contributed by atoms with E-state index in [4.69, 9.17) is 4.74 Å². The van der Waals surface area contributed by atoms with E-state index in [-0.39, 0.29) is 10.7 Å². The van der Waals surface area contributed by atoms with Gasteiger partial charge in [0.05, 0.1) is 7.11 Å². The minimum absolute atomic E-state index is 0.0647. The van der Waals surface area contributed by atoms with E-state index >= 15 is 0 Å². The van der Waals surface area contributed by atoms with E-state index in [1.165, 1.54) is 48.9 Å². The average molecular weight is 568 g/mol. The second-order valence-corrected chi connectivity index (χ2v) is 12.2. The molecule has 2 unspecified atom stereocenters. The summed E-state index contributed by atoms with van der Waals surface area (Å²) < 4.78 is 5.53. The maximum absolute atomic E-state index is 5.53. The van der Waals surface area contributed by atoms with Crippen LogP contribution in [0.5, 0.6) is 5.75 Å². The fourth-order valence-corrected chi connectivity index (χ4v) is 9.03. The van der Waals surface area contributed by atoms with Crippen LogP contribution >= 0.6 is 23.5 Å². The molecule has 7 rings (SSSR count). The third-order valence-corrected chi connectivity index (χ3v) is 10.3. The Morgan fingerprint density at radius 2 is 0.829 bits per heavy atom. The molecule has 0 spiro atoms. The molecular weight excluding hydrogens is 539 g/mol. The minimum Gasteiger partial charge on any atom is -0.497 e. The zero-order valence-electron chi connectivity index (χ0n) is 22.7. The molecule has 0 saturated carbocycles. The highest BCUT2D eigenvalue weighted by atomic mass is 32.2. The summed E-state index contributed by atoms with van der Waals surface area (Å²) in [6, 6.07) is 52.1. The number of methoxy groups -OCH3 is 1. The average Bonchev–Trinajstić information content (AvgIpc) is 3.05. The zero-order chi connectivity index (χ0) is 27.6. The normalized spacial score (nSPS) is 18.4. The van der Waals surface area contributed by atoms with Crippen molar-refractivity contribution in [1.82, 2.24) is 0 Å². The van der Waals surface area contributed by atoms with E-state index in [2.05, 4.69) is 150 Å². The molecule has 200 valence electrons. The predicted molar refractivity (Wildman–Crippen MR) is 178 cm³/mol. The molecular formula is C37H29NOS2. The molecule has 5 aromatic carbocycles. The molecule has 2 aliphatic heterocycles. The first-order valence-corrected chi connectivity index (χ1v) is 15.5. The maximum atomic E-state index is 5.53. The van der Waals surface area contributed by atoms with Crippen LogP contribution < -0.4 is 9.64 Å². The summed E-state index contributed by atoms with van der Waals surface area (Å²) >= 11 is 3.92. The molecule has 2 atom stereocenters. The fraction of sp³-hybridized carbons (Fsp3) is 0.0811. The Balaban J connectivity index is 1.52. The van der Waals surface area contributed by atoms with E-state index in [0.29, 0.717) is 0 Å². The Labute approximate surface area is 250 Å². The minimum atomic E-state index is 0.0647. The zero-order valence-corrected chi connectivity index (χ0v) is 24.3. The van der Waals surface area contributed by atoms with Gasteiger partial charge in [0.25, 0.3) is 0 Å². The summed E-state index contributed by atoms with van der Waals surface area (Å²) in [5.41, 5.74) is 8.90. The molecule has 2 nitrogen and oxygen atoms in total. The van der Waals surface area contributed by atoms with Crippen LogP contribution in [0.1, 0.15) is 22.3 Å². The molecule has 2 aliphatic rings. The topological polar surface area (TPSA) is 12.5 Å². The Morgan fingerprint density at radius 1 is 0.463 bits per heavy atom. The predicted octanol–water partition coefficient (Wildman–Crippen LogP) is 9.78.